The maximum absolute atomic E-state index is 12.0. The highest BCUT2D eigenvalue weighted by Gasteiger charge is 2.23. The lowest BCUT2D eigenvalue weighted by molar-refractivity contribution is -0.143. The second-order valence-corrected chi connectivity index (χ2v) is 4.90. The molecule has 1 aromatic rings. The highest BCUT2D eigenvalue weighted by atomic mass is 16.2. The van der Waals surface area contributed by atoms with Crippen LogP contribution in [0.25, 0.3) is 0 Å². The number of carbonyl (C=O) groups is 2. The van der Waals surface area contributed by atoms with Gasteiger partial charge in [0.15, 0.2) is 0 Å². The molecule has 0 aromatic heterocycles. The first-order chi connectivity index (χ1) is 9.08. The third-order valence-electron chi connectivity index (χ3n) is 3.29. The number of anilines is 2. The summed E-state index contributed by atoms with van der Waals surface area (Å²) in [5.74, 6) is -1.09. The van der Waals surface area contributed by atoms with Crippen molar-refractivity contribution in [2.45, 2.75) is 26.2 Å². The molecule has 0 bridgehead atoms. The van der Waals surface area contributed by atoms with Crippen molar-refractivity contribution in [3.8, 4) is 0 Å². The molecule has 1 saturated heterocycles. The van der Waals surface area contributed by atoms with Gasteiger partial charge in [0.05, 0.1) is 11.4 Å². The predicted octanol–water partition coefficient (Wildman–Crippen LogP) is 1.53. The summed E-state index contributed by atoms with van der Waals surface area (Å²) < 4.78 is 0. The number of amides is 2. The van der Waals surface area contributed by atoms with Gasteiger partial charge in [-0.15, -0.1) is 0 Å². The van der Waals surface area contributed by atoms with Crippen LogP contribution in [0, 0.1) is 6.92 Å². The van der Waals surface area contributed by atoms with Crippen LogP contribution in [0.2, 0.25) is 0 Å². The molecule has 1 aromatic carbocycles. The smallest absolute Gasteiger partial charge is 0.313 e. The fourth-order valence-corrected chi connectivity index (χ4v) is 2.21. The monoisotopic (exact) mass is 261 g/mol. The van der Waals surface area contributed by atoms with Crippen LogP contribution in [-0.2, 0) is 9.59 Å². The zero-order chi connectivity index (χ0) is 13.8. The molecule has 102 valence electrons. The SMILES string of the molecule is Cc1ccc(NC(=O)C(=O)N2CCCCC2)c(N)c1. The number of nitrogens with one attached hydrogen (secondary N) is 1. The van der Waals surface area contributed by atoms with Crippen LogP contribution < -0.4 is 11.1 Å². The summed E-state index contributed by atoms with van der Waals surface area (Å²) in [7, 11) is 0. The molecule has 1 fully saturated rings. The first kappa shape index (κ1) is 13.4. The molecule has 1 aliphatic heterocycles. The van der Waals surface area contributed by atoms with E-state index in [0.717, 1.165) is 24.8 Å². The summed E-state index contributed by atoms with van der Waals surface area (Å²) >= 11 is 0. The maximum Gasteiger partial charge on any atom is 0.313 e. The fourth-order valence-electron chi connectivity index (χ4n) is 2.21. The number of likely N-dealkylation sites (tertiary alicyclic amines) is 1. The van der Waals surface area contributed by atoms with Crippen LogP contribution in [0.3, 0.4) is 0 Å². The van der Waals surface area contributed by atoms with Gasteiger partial charge in [0.1, 0.15) is 0 Å². The lowest BCUT2D eigenvalue weighted by atomic mass is 10.1. The van der Waals surface area contributed by atoms with Gasteiger partial charge in [-0.3, -0.25) is 9.59 Å². The Bertz CT molecular complexity index is 493. The van der Waals surface area contributed by atoms with Gasteiger partial charge in [-0.1, -0.05) is 6.07 Å². The Balaban J connectivity index is 2.01. The maximum atomic E-state index is 12.0. The van der Waals surface area contributed by atoms with Crippen LogP contribution in [-0.4, -0.2) is 29.8 Å². The third kappa shape index (κ3) is 3.24. The summed E-state index contributed by atoms with van der Waals surface area (Å²) in [5, 5.41) is 2.58. The minimum atomic E-state index is -0.613. The molecule has 0 saturated carbocycles. The summed E-state index contributed by atoms with van der Waals surface area (Å²) in [6.07, 6.45) is 3.05. The second kappa shape index (κ2) is 5.73. The highest BCUT2D eigenvalue weighted by Crippen LogP contribution is 2.19. The van der Waals surface area contributed by atoms with Gasteiger partial charge >= 0.3 is 11.8 Å². The van der Waals surface area contributed by atoms with Crippen molar-refractivity contribution in [3.63, 3.8) is 0 Å². The third-order valence-corrected chi connectivity index (χ3v) is 3.29. The van der Waals surface area contributed by atoms with Crippen molar-refractivity contribution < 1.29 is 9.59 Å². The second-order valence-electron chi connectivity index (χ2n) is 4.90. The molecule has 0 spiro atoms. The summed E-state index contributed by atoms with van der Waals surface area (Å²) in [4.78, 5) is 25.4. The molecule has 0 atom stereocenters. The van der Waals surface area contributed by atoms with Crippen LogP contribution >= 0.6 is 0 Å². The normalized spacial score (nSPS) is 15.1. The largest absolute Gasteiger partial charge is 0.397 e. The molecular formula is C14H19N3O2. The molecule has 2 rings (SSSR count). The number of nitrogens with zero attached hydrogens (tertiary/aromatic N) is 1. The molecule has 5 heteroatoms. The quantitative estimate of drug-likeness (QED) is 0.594. The molecule has 0 aliphatic carbocycles. The van der Waals surface area contributed by atoms with Crippen LogP contribution in [0.1, 0.15) is 24.8 Å². The molecule has 5 nitrogen and oxygen atoms in total. The lowest BCUT2D eigenvalue weighted by Crippen LogP contribution is -2.42. The number of nitrogen functional groups attached to an aromatic ring is 1. The molecular weight excluding hydrogens is 242 g/mol. The average Bonchev–Trinajstić information content (AvgIpc) is 2.42. The van der Waals surface area contributed by atoms with Crippen LogP contribution in [0.5, 0.6) is 0 Å². The molecule has 1 heterocycles. The molecule has 1 aliphatic rings. The number of rotatable bonds is 1. The zero-order valence-electron chi connectivity index (χ0n) is 11.1. The Kier molecular flexibility index (Phi) is 4.04. The van der Waals surface area contributed by atoms with Gasteiger partial charge in [0.2, 0.25) is 0 Å². The van der Waals surface area contributed by atoms with E-state index in [1.165, 1.54) is 0 Å². The van der Waals surface area contributed by atoms with E-state index in [4.69, 9.17) is 5.73 Å². The van der Waals surface area contributed by atoms with E-state index in [0.29, 0.717) is 24.5 Å². The Morgan fingerprint density at radius 3 is 2.53 bits per heavy atom. The highest BCUT2D eigenvalue weighted by molar-refractivity contribution is 6.39. The minimum Gasteiger partial charge on any atom is -0.397 e. The van der Waals surface area contributed by atoms with Gasteiger partial charge in [-0.2, -0.15) is 0 Å². The van der Waals surface area contributed by atoms with Gasteiger partial charge in [-0.25, -0.2) is 0 Å². The van der Waals surface area contributed by atoms with Gasteiger partial charge in [-0.05, 0) is 43.9 Å². The molecule has 0 radical (unpaired) electrons. The minimum absolute atomic E-state index is 0.472. The Hall–Kier alpha value is -2.04. The Morgan fingerprint density at radius 1 is 1.21 bits per heavy atom. The van der Waals surface area contributed by atoms with E-state index in [1.807, 2.05) is 13.0 Å². The van der Waals surface area contributed by atoms with E-state index in [1.54, 1.807) is 17.0 Å². The van der Waals surface area contributed by atoms with Gasteiger partial charge in [0.25, 0.3) is 0 Å². The topological polar surface area (TPSA) is 75.4 Å². The van der Waals surface area contributed by atoms with Crippen molar-refractivity contribution in [1.29, 1.82) is 0 Å². The molecule has 0 unspecified atom stereocenters. The van der Waals surface area contributed by atoms with Crippen molar-refractivity contribution in [1.82, 2.24) is 4.90 Å². The summed E-state index contributed by atoms with van der Waals surface area (Å²) in [6.45, 7) is 3.24. The average molecular weight is 261 g/mol. The van der Waals surface area contributed by atoms with Crippen LogP contribution in [0.4, 0.5) is 11.4 Å². The Labute approximate surface area is 112 Å². The lowest BCUT2D eigenvalue weighted by Gasteiger charge is -2.26. The molecule has 2 amide bonds. The fraction of sp³-hybridized carbons (Fsp3) is 0.429. The number of hydrogen-bond acceptors (Lipinski definition) is 3. The van der Waals surface area contributed by atoms with Crippen molar-refractivity contribution in [2.24, 2.45) is 0 Å². The number of carbonyl (C=O) groups excluding carboxylic acids is 2. The molecule has 19 heavy (non-hydrogen) atoms. The van der Waals surface area contributed by atoms with Crippen LogP contribution in [0.15, 0.2) is 18.2 Å². The number of nitrogens with two attached hydrogens (primary N) is 1. The number of aryl methyl sites for hydroxylation is 1. The number of hydrogen-bond donors (Lipinski definition) is 2. The van der Waals surface area contributed by atoms with E-state index < -0.39 is 11.8 Å². The zero-order valence-corrected chi connectivity index (χ0v) is 11.1. The van der Waals surface area contributed by atoms with E-state index >= 15 is 0 Å². The summed E-state index contributed by atoms with van der Waals surface area (Å²) in [5.41, 5.74) is 7.78. The van der Waals surface area contributed by atoms with Crippen molar-refractivity contribution in [2.75, 3.05) is 24.1 Å². The van der Waals surface area contributed by atoms with E-state index in [-0.39, 0.29) is 0 Å². The first-order valence-corrected chi connectivity index (χ1v) is 6.54. The van der Waals surface area contributed by atoms with Crippen molar-refractivity contribution in [3.05, 3.63) is 23.8 Å². The van der Waals surface area contributed by atoms with Crippen molar-refractivity contribution >= 4 is 23.2 Å². The predicted molar refractivity (Wildman–Crippen MR) is 74.7 cm³/mol. The number of benzene rings is 1. The number of piperidine rings is 1. The van der Waals surface area contributed by atoms with Gasteiger partial charge in [0, 0.05) is 13.1 Å². The molecule has 3 N–H and O–H groups in total. The first-order valence-electron chi connectivity index (χ1n) is 6.54. The standard InChI is InChI=1S/C14H19N3O2/c1-10-5-6-12(11(15)9-10)16-13(18)14(19)17-7-3-2-4-8-17/h5-6,9H,2-4,7-8,15H2,1H3,(H,16,18). The Morgan fingerprint density at radius 2 is 1.89 bits per heavy atom. The van der Waals surface area contributed by atoms with E-state index in [2.05, 4.69) is 5.32 Å². The summed E-state index contributed by atoms with van der Waals surface area (Å²) in [6, 6.07) is 5.32. The van der Waals surface area contributed by atoms with E-state index in [9.17, 15) is 9.59 Å². The van der Waals surface area contributed by atoms with Gasteiger partial charge < -0.3 is 16.0 Å².